The van der Waals surface area contributed by atoms with E-state index in [4.69, 9.17) is 4.74 Å². The molecule has 2 atom stereocenters. The molecule has 0 bridgehead atoms. The van der Waals surface area contributed by atoms with E-state index in [-0.39, 0.29) is 30.5 Å². The van der Waals surface area contributed by atoms with Crippen LogP contribution in [-0.2, 0) is 16.1 Å². The van der Waals surface area contributed by atoms with Crippen LogP contribution in [0.15, 0.2) is 18.2 Å². The lowest BCUT2D eigenvalue weighted by Gasteiger charge is -2.37. The standard InChI is InChI=1S/C19H24FN3O2/c1-12-14-9-13(20)3-4-15(14)21-16(12)10-23-7-5-17-18(6-8-23)25-11-19(24)22(17)2/h3-4,9,17-18,21H,5-8,10-11H2,1-2H3/t17-,18-/m0/s1. The van der Waals surface area contributed by atoms with Gasteiger partial charge in [-0.1, -0.05) is 0 Å². The summed E-state index contributed by atoms with van der Waals surface area (Å²) in [6, 6.07) is 5.05. The van der Waals surface area contributed by atoms with E-state index in [0.717, 1.165) is 54.6 Å². The quantitative estimate of drug-likeness (QED) is 0.909. The lowest BCUT2D eigenvalue weighted by atomic mass is 10.0. The van der Waals surface area contributed by atoms with Gasteiger partial charge in [-0.05, 0) is 43.5 Å². The van der Waals surface area contributed by atoms with Crippen molar-refractivity contribution in [2.24, 2.45) is 0 Å². The third kappa shape index (κ3) is 3.04. The number of likely N-dealkylation sites (N-methyl/N-ethyl adjacent to an activating group) is 1. The molecule has 4 rings (SSSR count). The molecule has 1 amide bonds. The molecule has 0 spiro atoms. The van der Waals surface area contributed by atoms with Gasteiger partial charge in [-0.25, -0.2) is 4.39 Å². The summed E-state index contributed by atoms with van der Waals surface area (Å²) in [6.45, 7) is 4.90. The number of aromatic amines is 1. The Morgan fingerprint density at radius 3 is 2.96 bits per heavy atom. The minimum absolute atomic E-state index is 0.0724. The van der Waals surface area contributed by atoms with E-state index < -0.39 is 0 Å². The molecule has 3 heterocycles. The molecule has 1 aromatic carbocycles. The second-order valence-electron chi connectivity index (χ2n) is 7.19. The molecule has 0 aliphatic carbocycles. The zero-order valence-electron chi connectivity index (χ0n) is 14.7. The van der Waals surface area contributed by atoms with Crippen molar-refractivity contribution < 1.29 is 13.9 Å². The lowest BCUT2D eigenvalue weighted by molar-refractivity contribution is -0.154. The number of fused-ring (bicyclic) bond motifs is 2. The number of H-pyrrole nitrogens is 1. The second-order valence-corrected chi connectivity index (χ2v) is 7.19. The van der Waals surface area contributed by atoms with Crippen LogP contribution in [0, 0.1) is 12.7 Å². The van der Waals surface area contributed by atoms with E-state index in [1.165, 1.54) is 6.07 Å². The molecule has 1 N–H and O–H groups in total. The van der Waals surface area contributed by atoms with Gasteiger partial charge in [-0.3, -0.25) is 9.69 Å². The number of halogens is 1. The van der Waals surface area contributed by atoms with Crippen LogP contribution >= 0.6 is 0 Å². The summed E-state index contributed by atoms with van der Waals surface area (Å²) in [4.78, 5) is 19.5. The topological polar surface area (TPSA) is 48.6 Å². The van der Waals surface area contributed by atoms with Gasteiger partial charge in [-0.15, -0.1) is 0 Å². The van der Waals surface area contributed by atoms with Gasteiger partial charge < -0.3 is 14.6 Å². The van der Waals surface area contributed by atoms with Crippen molar-refractivity contribution in [2.75, 3.05) is 26.7 Å². The molecule has 5 nitrogen and oxygen atoms in total. The SMILES string of the molecule is Cc1c(CN2CC[C@@H]3OCC(=O)N(C)[C@H]3CC2)[nH]c2ccc(F)cc12. The van der Waals surface area contributed by atoms with Gasteiger partial charge >= 0.3 is 0 Å². The minimum atomic E-state index is -0.204. The molecule has 2 aliphatic heterocycles. The highest BCUT2D eigenvalue weighted by Crippen LogP contribution is 2.27. The molecule has 0 unspecified atom stereocenters. The van der Waals surface area contributed by atoms with Gasteiger partial charge in [-0.2, -0.15) is 0 Å². The number of amides is 1. The summed E-state index contributed by atoms with van der Waals surface area (Å²) >= 11 is 0. The predicted molar refractivity (Wildman–Crippen MR) is 93.8 cm³/mol. The number of nitrogens with zero attached hydrogens (tertiary/aromatic N) is 2. The van der Waals surface area contributed by atoms with E-state index in [1.807, 2.05) is 18.9 Å². The fourth-order valence-electron chi connectivity index (χ4n) is 4.11. The van der Waals surface area contributed by atoms with Crippen LogP contribution in [0.2, 0.25) is 0 Å². The highest BCUT2D eigenvalue weighted by molar-refractivity contribution is 5.84. The number of hydrogen-bond donors (Lipinski definition) is 1. The number of carbonyl (C=O) groups is 1. The molecule has 0 saturated carbocycles. The van der Waals surface area contributed by atoms with Gasteiger partial charge in [0, 0.05) is 43.3 Å². The van der Waals surface area contributed by atoms with Crippen molar-refractivity contribution in [1.82, 2.24) is 14.8 Å². The van der Waals surface area contributed by atoms with Gasteiger partial charge in [0.1, 0.15) is 12.4 Å². The maximum Gasteiger partial charge on any atom is 0.248 e. The van der Waals surface area contributed by atoms with E-state index in [9.17, 15) is 9.18 Å². The van der Waals surface area contributed by atoms with Gasteiger partial charge in [0.2, 0.25) is 5.91 Å². The Labute approximate surface area is 146 Å². The molecule has 25 heavy (non-hydrogen) atoms. The molecule has 134 valence electrons. The van der Waals surface area contributed by atoms with Crippen molar-refractivity contribution in [3.63, 3.8) is 0 Å². The fourth-order valence-corrected chi connectivity index (χ4v) is 4.11. The van der Waals surface area contributed by atoms with Crippen LogP contribution in [0.4, 0.5) is 4.39 Å². The number of likely N-dealkylation sites (tertiary alicyclic amines) is 1. The molecule has 0 radical (unpaired) electrons. The number of ether oxygens (including phenoxy) is 1. The first kappa shape index (κ1) is 16.5. The number of hydrogen-bond acceptors (Lipinski definition) is 3. The molecule has 2 saturated heterocycles. The van der Waals surface area contributed by atoms with Crippen LogP contribution < -0.4 is 0 Å². The first-order chi connectivity index (χ1) is 12.0. The van der Waals surface area contributed by atoms with Crippen molar-refractivity contribution >= 4 is 16.8 Å². The number of morpholine rings is 1. The number of nitrogens with one attached hydrogen (secondary N) is 1. The Hall–Kier alpha value is -1.92. The summed E-state index contributed by atoms with van der Waals surface area (Å²) < 4.78 is 19.3. The Kier molecular flexibility index (Phi) is 4.25. The average molecular weight is 345 g/mol. The molecular formula is C19H24FN3O2. The summed E-state index contributed by atoms with van der Waals surface area (Å²) in [7, 11) is 1.88. The highest BCUT2D eigenvalue weighted by atomic mass is 19.1. The molecule has 2 aromatic rings. The summed E-state index contributed by atoms with van der Waals surface area (Å²) in [5.41, 5.74) is 3.22. The van der Waals surface area contributed by atoms with E-state index in [2.05, 4.69) is 9.88 Å². The maximum atomic E-state index is 13.5. The largest absolute Gasteiger partial charge is 0.366 e. The Balaban J connectivity index is 1.50. The van der Waals surface area contributed by atoms with Crippen molar-refractivity contribution in [2.45, 2.75) is 38.5 Å². The first-order valence-corrected chi connectivity index (χ1v) is 8.89. The average Bonchev–Trinajstić information content (AvgIpc) is 2.78. The molecule has 2 aliphatic rings. The number of rotatable bonds is 2. The minimum Gasteiger partial charge on any atom is -0.366 e. The number of carbonyl (C=O) groups excluding carboxylic acids is 1. The molecule has 6 heteroatoms. The third-order valence-electron chi connectivity index (χ3n) is 5.72. The predicted octanol–water partition coefficient (Wildman–Crippen LogP) is 2.44. The summed E-state index contributed by atoms with van der Waals surface area (Å²) in [5, 5.41) is 0.951. The van der Waals surface area contributed by atoms with Crippen LogP contribution in [0.5, 0.6) is 0 Å². The molecular weight excluding hydrogens is 321 g/mol. The number of aromatic nitrogens is 1. The van der Waals surface area contributed by atoms with Crippen LogP contribution in [0.1, 0.15) is 24.1 Å². The Bertz CT molecular complexity index is 803. The molecule has 1 aromatic heterocycles. The fraction of sp³-hybridized carbons (Fsp3) is 0.526. The Morgan fingerprint density at radius 2 is 2.12 bits per heavy atom. The first-order valence-electron chi connectivity index (χ1n) is 8.89. The van der Waals surface area contributed by atoms with E-state index in [0.29, 0.717) is 0 Å². The zero-order chi connectivity index (χ0) is 17.6. The maximum absolute atomic E-state index is 13.5. The summed E-state index contributed by atoms with van der Waals surface area (Å²) in [6.07, 6.45) is 1.97. The van der Waals surface area contributed by atoms with Crippen LogP contribution in [-0.4, -0.2) is 59.6 Å². The number of benzene rings is 1. The van der Waals surface area contributed by atoms with Crippen molar-refractivity contribution in [1.29, 1.82) is 0 Å². The van der Waals surface area contributed by atoms with Crippen LogP contribution in [0.25, 0.3) is 10.9 Å². The lowest BCUT2D eigenvalue weighted by Crippen LogP contribution is -2.52. The van der Waals surface area contributed by atoms with Gasteiger partial charge in [0.05, 0.1) is 12.1 Å². The third-order valence-corrected chi connectivity index (χ3v) is 5.72. The van der Waals surface area contributed by atoms with Gasteiger partial charge in [0.25, 0.3) is 0 Å². The molecule has 2 fully saturated rings. The van der Waals surface area contributed by atoms with Crippen molar-refractivity contribution in [3.05, 3.63) is 35.3 Å². The van der Waals surface area contributed by atoms with Gasteiger partial charge in [0.15, 0.2) is 0 Å². The normalized spacial score (nSPS) is 25.2. The van der Waals surface area contributed by atoms with Crippen molar-refractivity contribution in [3.8, 4) is 0 Å². The summed E-state index contributed by atoms with van der Waals surface area (Å²) in [5.74, 6) is -0.131. The Morgan fingerprint density at radius 1 is 1.32 bits per heavy atom. The van der Waals surface area contributed by atoms with E-state index in [1.54, 1.807) is 12.1 Å². The zero-order valence-corrected chi connectivity index (χ0v) is 14.7. The van der Waals surface area contributed by atoms with Crippen LogP contribution in [0.3, 0.4) is 0 Å². The monoisotopic (exact) mass is 345 g/mol. The second kappa shape index (κ2) is 6.42. The number of aryl methyl sites for hydroxylation is 1. The van der Waals surface area contributed by atoms with E-state index >= 15 is 0 Å². The highest BCUT2D eigenvalue weighted by Gasteiger charge is 2.36. The smallest absolute Gasteiger partial charge is 0.248 e.